The Bertz CT molecular complexity index is 1850. The monoisotopic (exact) mass is 522 g/mol. The van der Waals surface area contributed by atoms with Crippen LogP contribution in [0.25, 0.3) is 60.1 Å². The van der Waals surface area contributed by atoms with Crippen molar-refractivity contribution in [3.8, 4) is 11.1 Å². The number of halogens is 1. The highest BCUT2D eigenvalue weighted by molar-refractivity contribution is 14.1. The Balaban J connectivity index is 1.88. The largest absolute Gasteiger partial charge is 0.308 e. The number of aryl methyl sites for hydroxylation is 2. The molecule has 7 rings (SSSR count). The molecule has 32 heavy (non-hydrogen) atoms. The Morgan fingerprint density at radius 3 is 2.38 bits per heavy atom. The van der Waals surface area contributed by atoms with E-state index in [4.69, 9.17) is 4.98 Å². The van der Waals surface area contributed by atoms with Crippen molar-refractivity contribution in [1.82, 2.24) is 9.38 Å². The molecule has 0 fully saturated rings. The van der Waals surface area contributed by atoms with Crippen LogP contribution in [0, 0.1) is 17.4 Å². The van der Waals surface area contributed by atoms with E-state index < -0.39 is 0 Å². The van der Waals surface area contributed by atoms with Gasteiger partial charge in [0, 0.05) is 36.9 Å². The molecule has 0 aliphatic rings. The fraction of sp³-hybridized carbons (Fsp3) is 0.0690. The zero-order valence-corrected chi connectivity index (χ0v) is 19.9. The second kappa shape index (κ2) is 6.42. The van der Waals surface area contributed by atoms with Crippen LogP contribution in [-0.2, 0) is 0 Å². The highest BCUT2D eigenvalue weighted by Gasteiger charge is 2.23. The smallest absolute Gasteiger partial charge is 0.0823 e. The molecular weight excluding hydrogens is 503 g/mol. The minimum absolute atomic E-state index is 1.10. The van der Waals surface area contributed by atoms with E-state index in [-0.39, 0.29) is 0 Å². The topological polar surface area (TPSA) is 17.3 Å². The molecule has 152 valence electrons. The first-order valence-corrected chi connectivity index (χ1v) is 11.9. The van der Waals surface area contributed by atoms with Crippen molar-refractivity contribution < 1.29 is 0 Å². The molecule has 7 aromatic rings. The van der Waals surface area contributed by atoms with Gasteiger partial charge in [-0.3, -0.25) is 4.98 Å². The molecule has 4 aromatic carbocycles. The van der Waals surface area contributed by atoms with Gasteiger partial charge in [-0.15, -0.1) is 0 Å². The summed E-state index contributed by atoms with van der Waals surface area (Å²) in [4.78, 5) is 5.10. The highest BCUT2D eigenvalue weighted by atomic mass is 127. The number of para-hydroxylation sites is 1. The number of hydrogen-bond donors (Lipinski definition) is 0. The number of aromatic nitrogens is 2. The van der Waals surface area contributed by atoms with Crippen LogP contribution in [0.15, 0.2) is 79.0 Å². The number of rotatable bonds is 1. The van der Waals surface area contributed by atoms with E-state index in [0.717, 1.165) is 5.52 Å². The molecule has 3 heterocycles. The summed E-state index contributed by atoms with van der Waals surface area (Å²) in [6.07, 6.45) is 2.06. The van der Waals surface area contributed by atoms with Crippen molar-refractivity contribution in [2.45, 2.75) is 13.8 Å². The van der Waals surface area contributed by atoms with Crippen LogP contribution >= 0.6 is 22.6 Å². The third kappa shape index (κ3) is 2.27. The van der Waals surface area contributed by atoms with Gasteiger partial charge in [0.15, 0.2) is 0 Å². The van der Waals surface area contributed by atoms with Crippen molar-refractivity contribution in [2.75, 3.05) is 0 Å². The summed E-state index contributed by atoms with van der Waals surface area (Å²) in [5.74, 6) is 0. The van der Waals surface area contributed by atoms with Gasteiger partial charge in [0.05, 0.1) is 22.1 Å². The maximum Gasteiger partial charge on any atom is 0.0823 e. The highest BCUT2D eigenvalue weighted by Crippen LogP contribution is 2.45. The predicted molar refractivity (Wildman–Crippen MR) is 144 cm³/mol. The molecule has 3 aromatic heterocycles. The van der Waals surface area contributed by atoms with Crippen LogP contribution in [0.5, 0.6) is 0 Å². The minimum Gasteiger partial charge on any atom is -0.308 e. The number of pyridine rings is 2. The molecule has 3 heteroatoms. The van der Waals surface area contributed by atoms with Crippen LogP contribution in [0.4, 0.5) is 0 Å². The van der Waals surface area contributed by atoms with Gasteiger partial charge in [0.25, 0.3) is 0 Å². The van der Waals surface area contributed by atoms with Crippen LogP contribution in [-0.4, -0.2) is 9.38 Å². The first kappa shape index (κ1) is 18.4. The Morgan fingerprint density at radius 1 is 0.750 bits per heavy atom. The summed E-state index contributed by atoms with van der Waals surface area (Å²) in [6.45, 7) is 4.40. The fourth-order valence-electron chi connectivity index (χ4n) is 5.55. The molecule has 0 unspecified atom stereocenters. The van der Waals surface area contributed by atoms with Crippen LogP contribution < -0.4 is 0 Å². The maximum atomic E-state index is 5.10. The molecule has 0 aliphatic heterocycles. The van der Waals surface area contributed by atoms with Crippen LogP contribution in [0.3, 0.4) is 0 Å². The van der Waals surface area contributed by atoms with Crippen molar-refractivity contribution in [2.24, 2.45) is 0 Å². The number of fused-ring (bicyclic) bond motifs is 6. The molecule has 0 radical (unpaired) electrons. The molecule has 0 spiro atoms. The lowest BCUT2D eigenvalue weighted by atomic mass is 9.95. The number of hydrogen-bond acceptors (Lipinski definition) is 1. The van der Waals surface area contributed by atoms with Gasteiger partial charge in [-0.2, -0.15) is 0 Å². The van der Waals surface area contributed by atoms with Gasteiger partial charge < -0.3 is 4.40 Å². The fourth-order valence-corrected chi connectivity index (χ4v) is 6.41. The van der Waals surface area contributed by atoms with Crippen LogP contribution in [0.2, 0.25) is 0 Å². The molecular formula is C29H19IN2. The summed E-state index contributed by atoms with van der Waals surface area (Å²) in [6, 6.07) is 26.4. The molecule has 0 N–H and O–H groups in total. The predicted octanol–water partition coefficient (Wildman–Crippen LogP) is 8.27. The zero-order valence-electron chi connectivity index (χ0n) is 17.8. The van der Waals surface area contributed by atoms with E-state index in [1.165, 1.54) is 69.3 Å². The van der Waals surface area contributed by atoms with E-state index >= 15 is 0 Å². The molecule has 0 bridgehead atoms. The summed E-state index contributed by atoms with van der Waals surface area (Å²) in [5, 5.41) is 6.39. The van der Waals surface area contributed by atoms with Gasteiger partial charge in [-0.25, -0.2) is 0 Å². The van der Waals surface area contributed by atoms with E-state index in [1.54, 1.807) is 0 Å². The average Bonchev–Trinajstić information content (AvgIpc) is 3.15. The summed E-state index contributed by atoms with van der Waals surface area (Å²) < 4.78 is 3.77. The number of nitrogens with zero attached hydrogens (tertiary/aromatic N) is 2. The van der Waals surface area contributed by atoms with E-state index in [1.807, 2.05) is 0 Å². The van der Waals surface area contributed by atoms with Crippen molar-refractivity contribution in [3.63, 3.8) is 0 Å². The molecule has 0 saturated carbocycles. The standard InChI is InChI=1S/C29H19IN2/c1-16-12-17(2)28-21(13-16)27-26-20(22(15-31-27)18-8-4-3-5-9-18)14-23(30)25-19-10-6-7-11-24(19)32(28)29(25)26/h3-15H,1-2H3. The van der Waals surface area contributed by atoms with Crippen molar-refractivity contribution in [1.29, 1.82) is 0 Å². The SMILES string of the molecule is Cc1cc(C)c2c(c1)c1ncc(-c3ccccc3)c3cc(I)c4c5ccccc5n2c4c31. The third-order valence-electron chi connectivity index (χ3n) is 6.75. The van der Waals surface area contributed by atoms with E-state index in [0.29, 0.717) is 0 Å². The van der Waals surface area contributed by atoms with E-state index in [2.05, 4.69) is 120 Å². The summed E-state index contributed by atoms with van der Waals surface area (Å²) in [5.41, 5.74) is 9.85. The summed E-state index contributed by atoms with van der Waals surface area (Å²) in [7, 11) is 0. The van der Waals surface area contributed by atoms with Gasteiger partial charge in [0.2, 0.25) is 0 Å². The average molecular weight is 522 g/mol. The lowest BCUT2D eigenvalue weighted by Crippen LogP contribution is -1.98. The second-order valence-corrected chi connectivity index (χ2v) is 9.88. The van der Waals surface area contributed by atoms with Gasteiger partial charge in [-0.1, -0.05) is 60.2 Å². The Hall–Kier alpha value is -3.18. The Kier molecular flexibility index (Phi) is 3.69. The third-order valence-corrected chi connectivity index (χ3v) is 7.60. The zero-order chi connectivity index (χ0) is 21.6. The number of benzene rings is 4. The lowest BCUT2D eigenvalue weighted by Gasteiger charge is -2.17. The molecule has 0 aliphatic carbocycles. The first-order valence-electron chi connectivity index (χ1n) is 10.9. The molecule has 0 saturated heterocycles. The second-order valence-electron chi connectivity index (χ2n) is 8.72. The van der Waals surface area contributed by atoms with Gasteiger partial charge >= 0.3 is 0 Å². The van der Waals surface area contributed by atoms with Crippen molar-refractivity contribution in [3.05, 3.63) is 93.7 Å². The lowest BCUT2D eigenvalue weighted by molar-refractivity contribution is 1.29. The van der Waals surface area contributed by atoms with Gasteiger partial charge in [-0.05, 0) is 71.2 Å². The Morgan fingerprint density at radius 2 is 1.53 bits per heavy atom. The quantitative estimate of drug-likeness (QED) is 0.121. The molecule has 2 nitrogen and oxygen atoms in total. The minimum atomic E-state index is 1.10. The molecule has 0 atom stereocenters. The van der Waals surface area contributed by atoms with Crippen molar-refractivity contribution >= 4 is 71.6 Å². The van der Waals surface area contributed by atoms with E-state index in [9.17, 15) is 0 Å². The van der Waals surface area contributed by atoms with Gasteiger partial charge in [0.1, 0.15) is 0 Å². The first-order chi connectivity index (χ1) is 15.6. The Labute approximate surface area is 199 Å². The normalized spacial score (nSPS) is 12.2. The maximum absolute atomic E-state index is 5.10. The summed E-state index contributed by atoms with van der Waals surface area (Å²) >= 11 is 2.52. The molecule has 0 amide bonds. The van der Waals surface area contributed by atoms with Crippen LogP contribution in [0.1, 0.15) is 11.1 Å².